The fourth-order valence-corrected chi connectivity index (χ4v) is 13.0. The molecule has 11 heteroatoms. The minimum atomic E-state index is -1.57. The summed E-state index contributed by atoms with van der Waals surface area (Å²) in [6.07, 6.45) is 79.4. The van der Waals surface area contributed by atoms with Crippen LogP contribution in [0.2, 0.25) is 0 Å². The van der Waals surface area contributed by atoms with E-state index in [9.17, 15) is 35.1 Å². The lowest BCUT2D eigenvalue weighted by molar-refractivity contribution is -0.302. The summed E-state index contributed by atoms with van der Waals surface area (Å²) in [5.41, 5.74) is 0. The Bertz CT molecular complexity index is 1560. The SMILES string of the molecule is CCCCCCCCCC/C=C/C(O)C(COC1OC(CO)C(O)C(O)C1O)NC(=O)CCCCCCCCCCCCCCCCCCC/C=C\CCCCCCCCCCCCCCCCCCOC(=O)CCCCCCCCCCCCCCCCCC. The number of ether oxygens (including phenoxy) is 3. The van der Waals surface area contributed by atoms with Crippen molar-refractivity contribution < 1.29 is 49.3 Å². The smallest absolute Gasteiger partial charge is 0.305 e. The summed E-state index contributed by atoms with van der Waals surface area (Å²) >= 11 is 0. The van der Waals surface area contributed by atoms with Gasteiger partial charge in [0, 0.05) is 12.8 Å². The Balaban J connectivity index is 1.86. The number of unbranched alkanes of at least 4 members (excludes halogenated alkanes) is 56. The number of rotatable bonds is 72. The molecule has 1 fully saturated rings. The van der Waals surface area contributed by atoms with Crippen molar-refractivity contribution in [3.05, 3.63) is 24.3 Å². The van der Waals surface area contributed by atoms with Crippen LogP contribution in [-0.2, 0) is 23.8 Å². The molecule has 11 nitrogen and oxygen atoms in total. The van der Waals surface area contributed by atoms with Crippen LogP contribution in [-0.4, -0.2) is 100 Å². The van der Waals surface area contributed by atoms with E-state index >= 15 is 0 Å². The largest absolute Gasteiger partial charge is 0.466 e. The Hall–Kier alpha value is -1.86. The van der Waals surface area contributed by atoms with Crippen molar-refractivity contribution in [3.63, 3.8) is 0 Å². The van der Waals surface area contributed by atoms with Crippen LogP contribution < -0.4 is 5.32 Å². The standard InChI is InChI=1S/C80H153NO10/c1-3-5-7-9-11-13-15-16-17-42-45-48-52-56-60-64-68-76(85)89-69-65-61-57-53-49-46-43-40-38-36-34-32-30-28-26-24-22-20-18-19-21-23-25-27-29-31-33-35-37-39-41-44-47-51-55-59-63-67-75(84)81-72(71-90-80-79(88)78(87)77(86)74(70-82)91-80)73(83)66-62-58-54-50-14-12-10-8-6-4-2/h18,20,62,66,72-74,77-80,82-83,86-88H,3-17,19,21-61,63-65,67-71H2,1-2H3,(H,81,84)/b20-18-,66-62+. The van der Waals surface area contributed by atoms with Gasteiger partial charge in [0.2, 0.25) is 5.91 Å². The van der Waals surface area contributed by atoms with Gasteiger partial charge in [0.1, 0.15) is 24.4 Å². The number of aliphatic hydroxyl groups is 5. The van der Waals surface area contributed by atoms with E-state index < -0.39 is 49.5 Å². The van der Waals surface area contributed by atoms with Gasteiger partial charge in [-0.1, -0.05) is 366 Å². The number of esters is 1. The number of nitrogens with one attached hydrogen (secondary N) is 1. The van der Waals surface area contributed by atoms with Crippen LogP contribution >= 0.6 is 0 Å². The van der Waals surface area contributed by atoms with Gasteiger partial charge in [0.05, 0.1) is 32.0 Å². The van der Waals surface area contributed by atoms with Crippen LogP contribution in [0, 0.1) is 0 Å². The lowest BCUT2D eigenvalue weighted by Crippen LogP contribution is -2.60. The van der Waals surface area contributed by atoms with Gasteiger partial charge in [-0.05, 0) is 57.8 Å². The van der Waals surface area contributed by atoms with Crippen molar-refractivity contribution in [3.8, 4) is 0 Å². The zero-order valence-corrected chi connectivity index (χ0v) is 60.1. The molecular formula is C80H153NO10. The Morgan fingerprint density at radius 3 is 1.05 bits per heavy atom. The van der Waals surface area contributed by atoms with Crippen molar-refractivity contribution in [2.75, 3.05) is 19.8 Å². The Kier molecular flexibility index (Phi) is 66.6. The first-order valence-corrected chi connectivity index (χ1v) is 40.1. The predicted molar refractivity (Wildman–Crippen MR) is 384 cm³/mol. The summed E-state index contributed by atoms with van der Waals surface area (Å²) in [4.78, 5) is 25.2. The quantitative estimate of drug-likeness (QED) is 0.0195. The molecule has 0 aromatic rings. The van der Waals surface area contributed by atoms with E-state index in [-0.39, 0.29) is 18.5 Å². The van der Waals surface area contributed by atoms with Crippen molar-refractivity contribution in [1.29, 1.82) is 0 Å². The minimum Gasteiger partial charge on any atom is -0.466 e. The van der Waals surface area contributed by atoms with Crippen molar-refractivity contribution in [2.45, 2.75) is 455 Å². The van der Waals surface area contributed by atoms with Crippen molar-refractivity contribution in [1.82, 2.24) is 5.32 Å². The van der Waals surface area contributed by atoms with Gasteiger partial charge >= 0.3 is 5.97 Å². The van der Waals surface area contributed by atoms with Gasteiger partial charge in [0.25, 0.3) is 0 Å². The second-order valence-electron chi connectivity index (χ2n) is 28.1. The lowest BCUT2D eigenvalue weighted by Gasteiger charge is -2.40. The average molecular weight is 1290 g/mol. The zero-order valence-electron chi connectivity index (χ0n) is 60.1. The average Bonchev–Trinajstić information content (AvgIpc) is 1.35. The molecule has 1 aliphatic rings. The van der Waals surface area contributed by atoms with Crippen molar-refractivity contribution >= 4 is 11.9 Å². The molecule has 91 heavy (non-hydrogen) atoms. The number of carbonyl (C=O) groups is 2. The third-order valence-corrected chi connectivity index (χ3v) is 19.3. The number of allylic oxidation sites excluding steroid dienone is 3. The normalized spacial score (nSPS) is 17.6. The molecule has 0 bridgehead atoms. The molecule has 0 radical (unpaired) electrons. The highest BCUT2D eigenvalue weighted by Crippen LogP contribution is 2.24. The fraction of sp³-hybridized carbons (Fsp3) is 0.925. The van der Waals surface area contributed by atoms with E-state index in [0.29, 0.717) is 19.4 Å². The molecule has 7 atom stereocenters. The van der Waals surface area contributed by atoms with Gasteiger partial charge in [-0.25, -0.2) is 0 Å². The first-order valence-electron chi connectivity index (χ1n) is 40.1. The van der Waals surface area contributed by atoms with Crippen LogP contribution in [0.25, 0.3) is 0 Å². The molecule has 1 heterocycles. The van der Waals surface area contributed by atoms with E-state index in [1.807, 2.05) is 6.08 Å². The molecule has 538 valence electrons. The van der Waals surface area contributed by atoms with Crippen LogP contribution in [0.5, 0.6) is 0 Å². The van der Waals surface area contributed by atoms with Gasteiger partial charge in [0.15, 0.2) is 6.29 Å². The molecule has 1 amide bonds. The highest BCUT2D eigenvalue weighted by molar-refractivity contribution is 5.76. The highest BCUT2D eigenvalue weighted by atomic mass is 16.7. The Morgan fingerprint density at radius 2 is 0.703 bits per heavy atom. The van der Waals surface area contributed by atoms with Gasteiger partial charge in [-0.3, -0.25) is 9.59 Å². The number of carbonyl (C=O) groups excluding carboxylic acids is 2. The molecule has 1 rings (SSSR count). The summed E-state index contributed by atoms with van der Waals surface area (Å²) in [7, 11) is 0. The molecule has 6 N–H and O–H groups in total. The van der Waals surface area contributed by atoms with Crippen LogP contribution in [0.4, 0.5) is 0 Å². The monoisotopic (exact) mass is 1290 g/mol. The van der Waals surface area contributed by atoms with Crippen LogP contribution in [0.1, 0.15) is 412 Å². The summed E-state index contributed by atoms with van der Waals surface area (Å²) in [5, 5.41) is 54.4. The fourth-order valence-electron chi connectivity index (χ4n) is 13.0. The molecule has 0 aromatic carbocycles. The molecule has 0 spiro atoms. The molecule has 0 aromatic heterocycles. The maximum Gasteiger partial charge on any atom is 0.305 e. The predicted octanol–water partition coefficient (Wildman–Crippen LogP) is 21.5. The number of aliphatic hydroxyl groups excluding tert-OH is 5. The van der Waals surface area contributed by atoms with E-state index in [1.54, 1.807) is 6.08 Å². The zero-order chi connectivity index (χ0) is 65.8. The second kappa shape index (κ2) is 69.5. The number of hydrogen-bond donors (Lipinski definition) is 6. The van der Waals surface area contributed by atoms with E-state index in [2.05, 4.69) is 31.3 Å². The molecule has 0 saturated carbocycles. The van der Waals surface area contributed by atoms with E-state index in [4.69, 9.17) is 14.2 Å². The minimum absolute atomic E-state index is 0.0196. The third-order valence-electron chi connectivity index (χ3n) is 19.3. The summed E-state index contributed by atoms with van der Waals surface area (Å²) in [5.74, 6) is -0.157. The molecular weight excluding hydrogens is 1130 g/mol. The Labute approximate surface area is 562 Å². The highest BCUT2D eigenvalue weighted by Gasteiger charge is 2.44. The first-order chi connectivity index (χ1) is 44.7. The topological polar surface area (TPSA) is 175 Å². The van der Waals surface area contributed by atoms with Crippen LogP contribution in [0.3, 0.4) is 0 Å². The lowest BCUT2D eigenvalue weighted by atomic mass is 9.99. The Morgan fingerprint density at radius 1 is 0.396 bits per heavy atom. The summed E-state index contributed by atoms with van der Waals surface area (Å²) in [6.45, 7) is 4.38. The third kappa shape index (κ3) is 58.1. The maximum atomic E-state index is 13.0. The molecule has 1 saturated heterocycles. The van der Waals surface area contributed by atoms with E-state index in [1.165, 1.54) is 334 Å². The summed E-state index contributed by atoms with van der Waals surface area (Å²) < 4.78 is 16.8. The second-order valence-corrected chi connectivity index (χ2v) is 28.1. The molecule has 0 aliphatic carbocycles. The van der Waals surface area contributed by atoms with E-state index in [0.717, 1.165) is 51.4 Å². The number of amides is 1. The summed E-state index contributed by atoms with van der Waals surface area (Å²) in [6, 6.07) is -0.805. The molecule has 1 aliphatic heterocycles. The van der Waals surface area contributed by atoms with Gasteiger partial charge in [-0.2, -0.15) is 0 Å². The number of hydrogen-bond acceptors (Lipinski definition) is 10. The van der Waals surface area contributed by atoms with Gasteiger partial charge < -0.3 is 45.1 Å². The maximum absolute atomic E-state index is 13.0. The van der Waals surface area contributed by atoms with Crippen LogP contribution in [0.15, 0.2) is 24.3 Å². The first kappa shape index (κ1) is 87.2. The molecule has 7 unspecified atom stereocenters. The van der Waals surface area contributed by atoms with Crippen molar-refractivity contribution in [2.24, 2.45) is 0 Å². The van der Waals surface area contributed by atoms with Gasteiger partial charge in [-0.15, -0.1) is 0 Å².